The molecule has 3 aromatic rings. The number of hydrogen-bond donors (Lipinski definition) is 1. The fourth-order valence-corrected chi connectivity index (χ4v) is 6.02. The number of carbonyl (C=O) groups is 2. The molecule has 9 heteroatoms. The summed E-state index contributed by atoms with van der Waals surface area (Å²) in [7, 11) is 5.79. The van der Waals surface area contributed by atoms with Gasteiger partial charge in [0.25, 0.3) is 5.91 Å². The Balaban J connectivity index is 1.36. The second kappa shape index (κ2) is 11.9. The van der Waals surface area contributed by atoms with Gasteiger partial charge in [0.2, 0.25) is 5.91 Å². The van der Waals surface area contributed by atoms with Gasteiger partial charge >= 0.3 is 0 Å². The third-order valence-electron chi connectivity index (χ3n) is 7.03. The van der Waals surface area contributed by atoms with Crippen LogP contribution >= 0.6 is 11.3 Å². The van der Waals surface area contributed by atoms with Crippen LogP contribution in [0.1, 0.15) is 31.9 Å². The number of carbonyl (C=O) groups excluding carboxylic acids is 2. The minimum Gasteiger partial charge on any atom is -0.457 e. The number of hydrogen-bond acceptors (Lipinski definition) is 7. The Hall–Kier alpha value is -3.24. The lowest BCUT2D eigenvalue weighted by molar-refractivity contribution is -0.123. The van der Waals surface area contributed by atoms with Crippen molar-refractivity contribution in [3.63, 3.8) is 0 Å². The predicted octanol–water partition coefficient (Wildman–Crippen LogP) is 3.88. The number of rotatable bonds is 4. The normalized spacial score (nSPS) is 20.6. The summed E-state index contributed by atoms with van der Waals surface area (Å²) in [4.78, 5) is 33.4. The second-order valence-electron chi connectivity index (χ2n) is 10.8. The summed E-state index contributed by atoms with van der Waals surface area (Å²) in [6, 6.07) is 15.3. The molecule has 2 amide bonds. The maximum Gasteiger partial charge on any atom is 0.254 e. The SMILES string of the molecule is Cc1ccc2cc1Oc1cccc(c1)CO[C@H]1CN(Cc3cc(CN(C)C)cs3)C[C@@H]1NC(=O)CN(C)C2=O. The van der Waals surface area contributed by atoms with Crippen LogP contribution in [-0.2, 0) is 29.2 Å². The van der Waals surface area contributed by atoms with Crippen molar-refractivity contribution in [3.05, 3.63) is 81.0 Å². The highest BCUT2D eigenvalue weighted by atomic mass is 32.1. The molecule has 2 aliphatic heterocycles. The third-order valence-corrected chi connectivity index (χ3v) is 8.00. The number of fused-ring (bicyclic) bond motifs is 5. The summed E-state index contributed by atoms with van der Waals surface area (Å²) >= 11 is 1.77. The molecule has 8 nitrogen and oxygen atoms in total. The van der Waals surface area contributed by atoms with E-state index in [-0.39, 0.29) is 30.5 Å². The van der Waals surface area contributed by atoms with Crippen molar-refractivity contribution in [3.8, 4) is 11.5 Å². The average molecular weight is 549 g/mol. The molecule has 206 valence electrons. The molecule has 1 N–H and O–H groups in total. The zero-order chi connectivity index (χ0) is 27.5. The Morgan fingerprint density at radius 1 is 1.10 bits per heavy atom. The third kappa shape index (κ3) is 6.86. The van der Waals surface area contributed by atoms with Gasteiger partial charge < -0.3 is 24.6 Å². The highest BCUT2D eigenvalue weighted by Gasteiger charge is 2.35. The van der Waals surface area contributed by atoms with Gasteiger partial charge in [-0.3, -0.25) is 14.5 Å². The van der Waals surface area contributed by atoms with Crippen molar-refractivity contribution in [1.82, 2.24) is 20.0 Å². The number of nitrogens with zero attached hydrogens (tertiary/aromatic N) is 3. The highest BCUT2D eigenvalue weighted by molar-refractivity contribution is 7.10. The van der Waals surface area contributed by atoms with Crippen LogP contribution < -0.4 is 10.1 Å². The molecule has 1 saturated heterocycles. The first-order valence-electron chi connectivity index (χ1n) is 13.2. The van der Waals surface area contributed by atoms with Crippen molar-refractivity contribution in [2.24, 2.45) is 0 Å². The smallest absolute Gasteiger partial charge is 0.254 e. The van der Waals surface area contributed by atoms with Crippen molar-refractivity contribution in [2.75, 3.05) is 40.8 Å². The molecule has 5 rings (SSSR count). The lowest BCUT2D eigenvalue weighted by Crippen LogP contribution is -2.48. The molecule has 3 heterocycles. The minimum atomic E-state index is -0.233. The van der Waals surface area contributed by atoms with Crippen LogP contribution in [-0.4, -0.2) is 79.4 Å². The van der Waals surface area contributed by atoms with Crippen molar-refractivity contribution < 1.29 is 19.1 Å². The quantitative estimate of drug-likeness (QED) is 0.534. The number of ether oxygens (including phenoxy) is 2. The molecule has 0 spiro atoms. The largest absolute Gasteiger partial charge is 0.457 e. The van der Waals surface area contributed by atoms with Crippen LogP contribution in [0.3, 0.4) is 0 Å². The monoisotopic (exact) mass is 548 g/mol. The molecule has 4 bridgehead atoms. The summed E-state index contributed by atoms with van der Waals surface area (Å²) < 4.78 is 12.6. The van der Waals surface area contributed by atoms with Gasteiger partial charge in [0.1, 0.15) is 11.5 Å². The fourth-order valence-electron chi connectivity index (χ4n) is 5.10. The molecule has 2 atom stereocenters. The summed E-state index contributed by atoms with van der Waals surface area (Å²) in [6.07, 6.45) is -0.177. The van der Waals surface area contributed by atoms with E-state index in [1.54, 1.807) is 30.5 Å². The molecule has 0 unspecified atom stereocenters. The molecule has 39 heavy (non-hydrogen) atoms. The van der Waals surface area contributed by atoms with Crippen molar-refractivity contribution in [1.29, 1.82) is 0 Å². The number of likely N-dealkylation sites (tertiary alicyclic amines) is 1. The number of aryl methyl sites for hydroxylation is 1. The maximum atomic E-state index is 13.1. The molecule has 0 saturated carbocycles. The first-order valence-corrected chi connectivity index (χ1v) is 14.1. The summed E-state index contributed by atoms with van der Waals surface area (Å²) in [5.74, 6) is 0.863. The van der Waals surface area contributed by atoms with E-state index in [4.69, 9.17) is 9.47 Å². The van der Waals surface area contributed by atoms with Gasteiger partial charge in [0.05, 0.1) is 25.3 Å². The van der Waals surface area contributed by atoms with Gasteiger partial charge in [-0.05, 0) is 73.4 Å². The van der Waals surface area contributed by atoms with E-state index in [1.807, 2.05) is 37.3 Å². The van der Waals surface area contributed by atoms with Gasteiger partial charge in [-0.15, -0.1) is 11.3 Å². The molecular formula is C30H36N4O4S. The van der Waals surface area contributed by atoms with Crippen molar-refractivity contribution in [2.45, 2.75) is 38.8 Å². The van der Waals surface area contributed by atoms with Crippen LogP contribution in [0.5, 0.6) is 11.5 Å². The predicted molar refractivity (Wildman–Crippen MR) is 152 cm³/mol. The Labute approximate surface area is 234 Å². The number of benzene rings is 2. The molecule has 2 aromatic carbocycles. The van der Waals surface area contributed by atoms with Crippen LogP contribution in [0.15, 0.2) is 53.9 Å². The van der Waals surface area contributed by atoms with Crippen LogP contribution in [0.4, 0.5) is 0 Å². The molecule has 1 fully saturated rings. The van der Waals surface area contributed by atoms with Gasteiger partial charge in [0.15, 0.2) is 0 Å². The number of nitrogens with one attached hydrogen (secondary N) is 1. The van der Waals surface area contributed by atoms with Gasteiger partial charge in [0, 0.05) is 43.7 Å². The first-order chi connectivity index (χ1) is 18.7. The lowest BCUT2D eigenvalue weighted by Gasteiger charge is -2.23. The van der Waals surface area contributed by atoms with Gasteiger partial charge in [-0.1, -0.05) is 18.2 Å². The van der Waals surface area contributed by atoms with E-state index in [1.165, 1.54) is 15.3 Å². The summed E-state index contributed by atoms with van der Waals surface area (Å²) in [6.45, 7) is 5.42. The van der Waals surface area contributed by atoms with E-state index in [0.717, 1.165) is 24.2 Å². The Bertz CT molecular complexity index is 1340. The highest BCUT2D eigenvalue weighted by Crippen LogP contribution is 2.28. The van der Waals surface area contributed by atoms with Gasteiger partial charge in [-0.25, -0.2) is 0 Å². The van der Waals surface area contributed by atoms with Gasteiger partial charge in [-0.2, -0.15) is 0 Å². The van der Waals surface area contributed by atoms with E-state index >= 15 is 0 Å². The lowest BCUT2D eigenvalue weighted by atomic mass is 10.1. The zero-order valence-electron chi connectivity index (χ0n) is 23.0. The van der Waals surface area contributed by atoms with Crippen LogP contribution in [0.25, 0.3) is 0 Å². The average Bonchev–Trinajstić information content (AvgIpc) is 3.48. The maximum absolute atomic E-state index is 13.1. The number of thiophene rings is 1. The summed E-state index contributed by atoms with van der Waals surface area (Å²) in [5, 5.41) is 5.37. The topological polar surface area (TPSA) is 74.4 Å². The number of amides is 2. The second-order valence-corrected chi connectivity index (χ2v) is 11.8. The molecule has 0 radical (unpaired) electrons. The minimum absolute atomic E-state index is 0.0377. The Morgan fingerprint density at radius 2 is 1.95 bits per heavy atom. The first kappa shape index (κ1) is 27.3. The van der Waals surface area contributed by atoms with E-state index in [2.05, 4.69) is 40.7 Å². The van der Waals surface area contributed by atoms with E-state index < -0.39 is 0 Å². The fraction of sp³-hybridized carbons (Fsp3) is 0.400. The Kier molecular flexibility index (Phi) is 8.32. The number of likely N-dealkylation sites (N-methyl/N-ethyl adjacent to an activating group) is 1. The molecule has 2 aliphatic rings. The zero-order valence-corrected chi connectivity index (χ0v) is 23.8. The van der Waals surface area contributed by atoms with E-state index in [9.17, 15) is 9.59 Å². The van der Waals surface area contributed by atoms with Crippen molar-refractivity contribution >= 4 is 23.2 Å². The standard InChI is InChI=1S/C30H36N4O4S/c1-20-8-9-23-12-27(20)38-24-7-5-6-21(10-24)18-37-28-16-34(14-25-11-22(19-39-25)13-32(2)3)15-26(28)31-29(35)17-33(4)30(23)36/h5-12,19,26,28H,13-18H2,1-4H3,(H,31,35)/t26-,28-/m0/s1. The van der Waals surface area contributed by atoms with Crippen LogP contribution in [0.2, 0.25) is 0 Å². The molecule has 1 aromatic heterocycles. The van der Waals surface area contributed by atoms with Crippen LogP contribution in [0, 0.1) is 6.92 Å². The molecular weight excluding hydrogens is 512 g/mol. The summed E-state index contributed by atoms with van der Waals surface area (Å²) in [5.41, 5.74) is 3.69. The molecule has 0 aliphatic carbocycles. The Morgan fingerprint density at radius 3 is 2.77 bits per heavy atom. The van der Waals surface area contributed by atoms with E-state index in [0.29, 0.717) is 36.8 Å².